The molecule has 1 unspecified atom stereocenters. The Bertz CT molecular complexity index is 1270. The van der Waals surface area contributed by atoms with Gasteiger partial charge in [0.05, 0.1) is 17.7 Å². The quantitative estimate of drug-likeness (QED) is 0.313. The number of ether oxygens (including phenoxy) is 1. The number of hydrogen-bond donors (Lipinski definition) is 2. The van der Waals surface area contributed by atoms with E-state index in [1.807, 2.05) is 13.0 Å². The number of nitriles is 1. The Balaban J connectivity index is 1.69. The van der Waals surface area contributed by atoms with Gasteiger partial charge in [0.25, 0.3) is 17.7 Å². The summed E-state index contributed by atoms with van der Waals surface area (Å²) >= 11 is 0. The highest BCUT2D eigenvalue weighted by Gasteiger charge is 2.62. The van der Waals surface area contributed by atoms with Gasteiger partial charge in [0.15, 0.2) is 0 Å². The van der Waals surface area contributed by atoms with Crippen molar-refractivity contribution >= 4 is 23.1 Å². The number of aryl methyl sites for hydroxylation is 1. The van der Waals surface area contributed by atoms with Crippen LogP contribution in [0.2, 0.25) is 0 Å². The van der Waals surface area contributed by atoms with Gasteiger partial charge in [0, 0.05) is 17.9 Å². The maximum Gasteiger partial charge on any atom is 0.297 e. The molecule has 2 amide bonds. The normalized spacial score (nSPS) is 24.6. The molecular formula is C31H35F2N3O3. The molecule has 1 atom stereocenters. The van der Waals surface area contributed by atoms with Crippen LogP contribution in [0.5, 0.6) is 0 Å². The molecule has 0 aromatic heterocycles. The topological polar surface area (TPSA) is 91.2 Å². The number of amides is 2. The predicted octanol–water partition coefficient (Wildman–Crippen LogP) is 6.16. The molecule has 39 heavy (non-hydrogen) atoms. The zero-order valence-corrected chi connectivity index (χ0v) is 22.7. The number of carbonyl (C=O) groups excluding carboxylic acids is 2. The Morgan fingerprint density at radius 3 is 2.33 bits per heavy atom. The highest BCUT2D eigenvalue weighted by molar-refractivity contribution is 6.29. The second kappa shape index (κ2) is 11.7. The molecule has 0 radical (unpaired) electrons. The van der Waals surface area contributed by atoms with E-state index in [0.29, 0.717) is 43.5 Å². The molecule has 2 aromatic rings. The number of nitrogens with one attached hydrogen (secondary N) is 2. The van der Waals surface area contributed by atoms with E-state index in [1.54, 1.807) is 12.1 Å². The molecule has 1 heterocycles. The fourth-order valence-corrected chi connectivity index (χ4v) is 5.55. The second-order valence-electron chi connectivity index (χ2n) is 10.7. The van der Waals surface area contributed by atoms with Crippen LogP contribution in [0.1, 0.15) is 69.1 Å². The molecule has 2 aromatic carbocycles. The third-order valence-corrected chi connectivity index (χ3v) is 8.00. The number of halogens is 2. The average molecular weight is 536 g/mol. The van der Waals surface area contributed by atoms with Gasteiger partial charge in [-0.1, -0.05) is 43.2 Å². The summed E-state index contributed by atoms with van der Waals surface area (Å²) in [6.45, 7) is 5.99. The van der Waals surface area contributed by atoms with Crippen molar-refractivity contribution in [1.82, 2.24) is 5.32 Å². The van der Waals surface area contributed by atoms with E-state index in [0.717, 1.165) is 18.4 Å². The summed E-state index contributed by atoms with van der Waals surface area (Å²) in [4.78, 5) is 26.9. The van der Waals surface area contributed by atoms with Crippen molar-refractivity contribution in [2.75, 3.05) is 11.9 Å². The molecular weight excluding hydrogens is 500 g/mol. The van der Waals surface area contributed by atoms with Gasteiger partial charge in [-0.3, -0.25) is 9.59 Å². The Morgan fingerprint density at radius 2 is 1.74 bits per heavy atom. The first-order valence-corrected chi connectivity index (χ1v) is 13.6. The molecule has 0 saturated heterocycles. The fraction of sp³-hybridized carbons (Fsp3) is 0.452. The Hall–Kier alpha value is -3.57. The smallest absolute Gasteiger partial charge is 0.297 e. The van der Waals surface area contributed by atoms with Crippen LogP contribution in [-0.2, 0) is 14.3 Å². The van der Waals surface area contributed by atoms with Gasteiger partial charge in [-0.15, -0.1) is 0 Å². The molecule has 2 aliphatic rings. The second-order valence-corrected chi connectivity index (χ2v) is 10.7. The maximum atomic E-state index is 16.7. The van der Waals surface area contributed by atoms with Crippen LogP contribution < -0.4 is 10.6 Å². The number of hydrogen-bond acceptors (Lipinski definition) is 4. The molecule has 0 spiro atoms. The van der Waals surface area contributed by atoms with Crippen molar-refractivity contribution in [2.24, 2.45) is 5.92 Å². The Kier molecular flexibility index (Phi) is 8.51. The van der Waals surface area contributed by atoms with Crippen molar-refractivity contribution in [2.45, 2.75) is 76.9 Å². The fourth-order valence-electron chi connectivity index (χ4n) is 5.55. The Morgan fingerprint density at radius 1 is 1.10 bits per heavy atom. The first-order chi connectivity index (χ1) is 18.6. The summed E-state index contributed by atoms with van der Waals surface area (Å²) in [6, 6.07) is 14.4. The van der Waals surface area contributed by atoms with Crippen LogP contribution >= 0.6 is 0 Å². The number of rotatable bonds is 8. The van der Waals surface area contributed by atoms with E-state index in [4.69, 9.17) is 10.00 Å². The van der Waals surface area contributed by atoms with E-state index in [-0.39, 0.29) is 11.7 Å². The lowest BCUT2D eigenvalue weighted by atomic mass is 9.66. The minimum Gasteiger partial charge on any atom is -0.378 e. The van der Waals surface area contributed by atoms with E-state index < -0.39 is 40.3 Å². The van der Waals surface area contributed by atoms with Crippen LogP contribution in [0.15, 0.2) is 54.1 Å². The summed E-state index contributed by atoms with van der Waals surface area (Å²) in [6.07, 6.45) is 4.28. The van der Waals surface area contributed by atoms with Gasteiger partial charge in [-0.2, -0.15) is 14.0 Å². The van der Waals surface area contributed by atoms with Gasteiger partial charge >= 0.3 is 0 Å². The lowest BCUT2D eigenvalue weighted by Crippen LogP contribution is -2.67. The van der Waals surface area contributed by atoms with Gasteiger partial charge in [-0.25, -0.2) is 0 Å². The summed E-state index contributed by atoms with van der Waals surface area (Å²) in [5.74, 6) is -5.78. The van der Waals surface area contributed by atoms with Gasteiger partial charge in [-0.05, 0) is 81.7 Å². The molecule has 6 nitrogen and oxygen atoms in total. The zero-order valence-electron chi connectivity index (χ0n) is 22.7. The lowest BCUT2D eigenvalue weighted by molar-refractivity contribution is -0.134. The van der Waals surface area contributed by atoms with Crippen molar-refractivity contribution in [1.29, 1.82) is 5.26 Å². The molecule has 1 aliphatic carbocycles. The van der Waals surface area contributed by atoms with E-state index in [1.165, 1.54) is 43.3 Å². The van der Waals surface area contributed by atoms with Crippen molar-refractivity contribution in [3.63, 3.8) is 0 Å². The third-order valence-electron chi connectivity index (χ3n) is 8.00. The first-order valence-electron chi connectivity index (χ1n) is 13.6. The largest absolute Gasteiger partial charge is 0.378 e. The number of benzene rings is 2. The zero-order chi connectivity index (χ0) is 28.2. The van der Waals surface area contributed by atoms with E-state index >= 15 is 8.78 Å². The number of carbonyl (C=O) groups is 2. The van der Waals surface area contributed by atoms with Crippen molar-refractivity contribution < 1.29 is 23.1 Å². The molecule has 4 rings (SSSR count). The molecule has 206 valence electrons. The summed E-state index contributed by atoms with van der Waals surface area (Å²) in [7, 11) is 0. The number of unbranched alkanes of at least 4 members (excludes halogenated alkanes) is 1. The third kappa shape index (κ3) is 5.74. The molecule has 2 N–H and O–H groups in total. The Labute approximate surface area is 228 Å². The van der Waals surface area contributed by atoms with Gasteiger partial charge in [0.1, 0.15) is 11.1 Å². The average Bonchev–Trinajstić information content (AvgIpc) is 2.92. The summed E-state index contributed by atoms with van der Waals surface area (Å²) in [5, 5.41) is 14.2. The van der Waals surface area contributed by atoms with Crippen LogP contribution in [0, 0.1) is 24.2 Å². The highest BCUT2D eigenvalue weighted by atomic mass is 19.3. The predicted molar refractivity (Wildman–Crippen MR) is 146 cm³/mol. The standard InChI is InChI=1S/C31H35F2N3O3/c1-4-5-18-39-25-16-12-23(13-17-25)30(3)31(32,33)27(22-10-6-20(2)7-11-22)26(29(38)36-30)28(37)35-24-14-8-21(19-34)9-15-24/h6-11,14-15,23,25H,4-5,12-13,16-18H2,1-3H3,(H,35,37)(H,36,38). The van der Waals surface area contributed by atoms with Crippen LogP contribution in [-0.4, -0.2) is 36.0 Å². The number of nitrogens with zero attached hydrogens (tertiary/aromatic N) is 1. The summed E-state index contributed by atoms with van der Waals surface area (Å²) < 4.78 is 39.4. The molecule has 0 bridgehead atoms. The van der Waals surface area contributed by atoms with E-state index in [9.17, 15) is 9.59 Å². The SMILES string of the molecule is CCCCOC1CCC(C2(C)NC(=O)C(C(=O)Nc3ccc(C#N)cc3)=C(c3ccc(C)cc3)C2(F)F)CC1. The maximum absolute atomic E-state index is 16.7. The molecule has 1 aliphatic heterocycles. The molecule has 8 heteroatoms. The monoisotopic (exact) mass is 535 g/mol. The van der Waals surface area contributed by atoms with Crippen LogP contribution in [0.4, 0.5) is 14.5 Å². The van der Waals surface area contributed by atoms with Crippen molar-refractivity contribution in [3.8, 4) is 6.07 Å². The highest BCUT2D eigenvalue weighted by Crippen LogP contribution is 2.52. The van der Waals surface area contributed by atoms with Crippen LogP contribution in [0.25, 0.3) is 5.57 Å². The van der Waals surface area contributed by atoms with Crippen LogP contribution in [0.3, 0.4) is 0 Å². The molecule has 1 saturated carbocycles. The van der Waals surface area contributed by atoms with Crippen molar-refractivity contribution in [3.05, 3.63) is 70.8 Å². The first kappa shape index (κ1) is 28.4. The minimum absolute atomic E-state index is 0.0326. The minimum atomic E-state index is -3.53. The summed E-state index contributed by atoms with van der Waals surface area (Å²) in [5.41, 5.74) is -1.37. The number of alkyl halides is 2. The lowest BCUT2D eigenvalue weighted by Gasteiger charge is -2.49. The molecule has 1 fully saturated rings. The van der Waals surface area contributed by atoms with Gasteiger partial charge in [0.2, 0.25) is 0 Å². The number of anilines is 1. The van der Waals surface area contributed by atoms with E-state index in [2.05, 4.69) is 17.6 Å². The van der Waals surface area contributed by atoms with Gasteiger partial charge < -0.3 is 15.4 Å².